The Morgan fingerprint density at radius 1 is 1.38 bits per heavy atom. The lowest BCUT2D eigenvalue weighted by Crippen LogP contribution is -2.26. The molecule has 1 aromatic carbocycles. The SMILES string of the molecule is NC(=O)c1ccc(Cl)c(C(=O)NC2CC2)c1. The zero-order chi connectivity index (χ0) is 11.7. The average molecular weight is 239 g/mol. The van der Waals surface area contributed by atoms with E-state index in [4.69, 9.17) is 17.3 Å². The Hall–Kier alpha value is -1.55. The second kappa shape index (κ2) is 4.14. The van der Waals surface area contributed by atoms with E-state index in [1.165, 1.54) is 18.2 Å². The Labute approximate surface area is 97.8 Å². The lowest BCUT2D eigenvalue weighted by atomic mass is 10.1. The smallest absolute Gasteiger partial charge is 0.253 e. The molecule has 4 nitrogen and oxygen atoms in total. The molecule has 84 valence electrons. The van der Waals surface area contributed by atoms with E-state index < -0.39 is 5.91 Å². The summed E-state index contributed by atoms with van der Waals surface area (Å²) in [6.07, 6.45) is 2.00. The monoisotopic (exact) mass is 238 g/mol. The molecule has 0 radical (unpaired) electrons. The zero-order valence-corrected chi connectivity index (χ0v) is 9.25. The summed E-state index contributed by atoms with van der Waals surface area (Å²) >= 11 is 5.89. The largest absolute Gasteiger partial charge is 0.366 e. The maximum Gasteiger partial charge on any atom is 0.253 e. The molecule has 1 aromatic rings. The minimum atomic E-state index is -0.572. The highest BCUT2D eigenvalue weighted by atomic mass is 35.5. The molecule has 1 aliphatic carbocycles. The first-order valence-electron chi connectivity index (χ1n) is 4.98. The molecule has 0 aliphatic heterocycles. The van der Waals surface area contributed by atoms with E-state index in [0.29, 0.717) is 10.6 Å². The van der Waals surface area contributed by atoms with Crippen LogP contribution >= 0.6 is 11.6 Å². The second-order valence-corrected chi connectivity index (χ2v) is 4.21. The van der Waals surface area contributed by atoms with E-state index in [-0.39, 0.29) is 17.5 Å². The van der Waals surface area contributed by atoms with Gasteiger partial charge in [0.2, 0.25) is 5.91 Å². The van der Waals surface area contributed by atoms with Gasteiger partial charge in [-0.25, -0.2) is 0 Å². The molecule has 0 atom stereocenters. The van der Waals surface area contributed by atoms with Crippen molar-refractivity contribution in [3.8, 4) is 0 Å². The molecule has 0 heterocycles. The number of primary amides is 1. The number of rotatable bonds is 3. The third kappa shape index (κ3) is 2.33. The van der Waals surface area contributed by atoms with Crippen molar-refractivity contribution in [3.63, 3.8) is 0 Å². The van der Waals surface area contributed by atoms with Gasteiger partial charge in [-0.05, 0) is 31.0 Å². The van der Waals surface area contributed by atoms with E-state index >= 15 is 0 Å². The van der Waals surface area contributed by atoms with Crippen molar-refractivity contribution in [2.45, 2.75) is 18.9 Å². The lowest BCUT2D eigenvalue weighted by molar-refractivity contribution is 0.0951. The van der Waals surface area contributed by atoms with Crippen molar-refractivity contribution in [3.05, 3.63) is 34.3 Å². The molecule has 2 amide bonds. The first-order valence-corrected chi connectivity index (χ1v) is 5.36. The van der Waals surface area contributed by atoms with Crippen molar-refractivity contribution >= 4 is 23.4 Å². The molecule has 0 unspecified atom stereocenters. The summed E-state index contributed by atoms with van der Waals surface area (Å²) in [7, 11) is 0. The van der Waals surface area contributed by atoms with Gasteiger partial charge in [-0.2, -0.15) is 0 Å². The number of benzene rings is 1. The van der Waals surface area contributed by atoms with Crippen LogP contribution in [0, 0.1) is 0 Å². The normalized spacial score (nSPS) is 14.6. The third-order valence-electron chi connectivity index (χ3n) is 2.41. The Morgan fingerprint density at radius 2 is 2.06 bits per heavy atom. The maximum atomic E-state index is 11.7. The third-order valence-corrected chi connectivity index (χ3v) is 2.74. The summed E-state index contributed by atoms with van der Waals surface area (Å²) in [4.78, 5) is 22.7. The number of nitrogens with two attached hydrogens (primary N) is 1. The summed E-state index contributed by atoms with van der Waals surface area (Å²) in [6.45, 7) is 0. The van der Waals surface area contributed by atoms with Crippen LogP contribution in [-0.4, -0.2) is 17.9 Å². The molecule has 1 saturated carbocycles. The molecular weight excluding hydrogens is 228 g/mol. The zero-order valence-electron chi connectivity index (χ0n) is 8.50. The van der Waals surface area contributed by atoms with Crippen LogP contribution in [0.25, 0.3) is 0 Å². The summed E-state index contributed by atoms with van der Waals surface area (Å²) in [5.41, 5.74) is 5.71. The van der Waals surface area contributed by atoms with E-state index in [0.717, 1.165) is 12.8 Å². The van der Waals surface area contributed by atoms with E-state index in [9.17, 15) is 9.59 Å². The number of amides is 2. The van der Waals surface area contributed by atoms with Crippen LogP contribution < -0.4 is 11.1 Å². The second-order valence-electron chi connectivity index (χ2n) is 3.81. The highest BCUT2D eigenvalue weighted by molar-refractivity contribution is 6.34. The van der Waals surface area contributed by atoms with Gasteiger partial charge in [0.1, 0.15) is 0 Å². The van der Waals surface area contributed by atoms with Crippen LogP contribution in [0.3, 0.4) is 0 Å². The molecule has 1 fully saturated rings. The standard InChI is InChI=1S/C11H11ClN2O2/c12-9-4-1-6(10(13)15)5-8(9)11(16)14-7-2-3-7/h1,4-5,7H,2-3H2,(H2,13,15)(H,14,16). The van der Waals surface area contributed by atoms with Crippen molar-refractivity contribution in [1.29, 1.82) is 0 Å². The summed E-state index contributed by atoms with van der Waals surface area (Å²) in [6, 6.07) is 4.67. The average Bonchev–Trinajstić information content (AvgIpc) is 3.01. The van der Waals surface area contributed by atoms with Gasteiger partial charge in [0.25, 0.3) is 5.91 Å². The van der Waals surface area contributed by atoms with Crippen LogP contribution in [0.1, 0.15) is 33.6 Å². The number of nitrogens with one attached hydrogen (secondary N) is 1. The molecule has 1 aliphatic rings. The highest BCUT2D eigenvalue weighted by Crippen LogP contribution is 2.22. The summed E-state index contributed by atoms with van der Waals surface area (Å²) in [5.74, 6) is -0.826. The van der Waals surface area contributed by atoms with Gasteiger partial charge in [0.15, 0.2) is 0 Å². The summed E-state index contributed by atoms with van der Waals surface area (Å²) < 4.78 is 0. The predicted octanol–water partition coefficient (Wildman–Crippen LogP) is 1.33. The Bertz CT molecular complexity index is 455. The van der Waals surface area contributed by atoms with Crippen LogP contribution in [0.2, 0.25) is 5.02 Å². The van der Waals surface area contributed by atoms with Crippen molar-refractivity contribution in [2.75, 3.05) is 0 Å². The van der Waals surface area contributed by atoms with Crippen LogP contribution in [0.15, 0.2) is 18.2 Å². The summed E-state index contributed by atoms with van der Waals surface area (Å²) in [5, 5.41) is 3.12. The molecular formula is C11H11ClN2O2. The molecule has 2 rings (SSSR count). The predicted molar refractivity (Wildman–Crippen MR) is 60.5 cm³/mol. The van der Waals surface area contributed by atoms with Gasteiger partial charge in [0.05, 0.1) is 10.6 Å². The number of hydrogen-bond acceptors (Lipinski definition) is 2. The van der Waals surface area contributed by atoms with Crippen LogP contribution in [-0.2, 0) is 0 Å². The van der Waals surface area contributed by atoms with Gasteiger partial charge in [-0.15, -0.1) is 0 Å². The topological polar surface area (TPSA) is 72.2 Å². The number of carbonyl (C=O) groups is 2. The van der Waals surface area contributed by atoms with E-state index in [1.54, 1.807) is 0 Å². The molecule has 5 heteroatoms. The van der Waals surface area contributed by atoms with E-state index in [1.807, 2.05) is 0 Å². The molecule has 0 aromatic heterocycles. The number of carbonyl (C=O) groups excluding carboxylic acids is 2. The Kier molecular flexibility index (Phi) is 2.83. The van der Waals surface area contributed by atoms with Crippen molar-refractivity contribution in [1.82, 2.24) is 5.32 Å². The van der Waals surface area contributed by atoms with Gasteiger partial charge < -0.3 is 11.1 Å². The van der Waals surface area contributed by atoms with Gasteiger partial charge in [0, 0.05) is 11.6 Å². The Morgan fingerprint density at radius 3 is 2.62 bits per heavy atom. The number of hydrogen-bond donors (Lipinski definition) is 2. The molecule has 0 bridgehead atoms. The van der Waals surface area contributed by atoms with Crippen LogP contribution in [0.5, 0.6) is 0 Å². The molecule has 3 N–H and O–H groups in total. The quantitative estimate of drug-likeness (QED) is 0.834. The van der Waals surface area contributed by atoms with Gasteiger partial charge >= 0.3 is 0 Å². The van der Waals surface area contributed by atoms with Gasteiger partial charge in [-0.1, -0.05) is 11.6 Å². The van der Waals surface area contributed by atoms with E-state index in [2.05, 4.69) is 5.32 Å². The minimum absolute atomic E-state index is 0.251. The first-order chi connectivity index (χ1) is 7.58. The highest BCUT2D eigenvalue weighted by Gasteiger charge is 2.24. The molecule has 0 spiro atoms. The number of halogens is 1. The fourth-order valence-corrected chi connectivity index (χ4v) is 1.55. The fourth-order valence-electron chi connectivity index (χ4n) is 1.34. The van der Waals surface area contributed by atoms with Crippen molar-refractivity contribution < 1.29 is 9.59 Å². The van der Waals surface area contributed by atoms with Crippen molar-refractivity contribution in [2.24, 2.45) is 5.73 Å². The minimum Gasteiger partial charge on any atom is -0.366 e. The first kappa shape index (κ1) is 11.0. The molecule has 0 saturated heterocycles. The fraction of sp³-hybridized carbons (Fsp3) is 0.273. The Balaban J connectivity index is 2.26. The lowest BCUT2D eigenvalue weighted by Gasteiger charge is -2.06. The maximum absolute atomic E-state index is 11.7. The molecule has 16 heavy (non-hydrogen) atoms. The van der Waals surface area contributed by atoms with Crippen LogP contribution in [0.4, 0.5) is 0 Å². The van der Waals surface area contributed by atoms with Gasteiger partial charge in [-0.3, -0.25) is 9.59 Å².